The number of methoxy groups -OCH3 is 1. The molecule has 7 rings (SSSR count). The number of rotatable bonds is 12. The fourth-order valence-electron chi connectivity index (χ4n) is 7.19. The molecule has 2 aliphatic heterocycles. The van der Waals surface area contributed by atoms with Crippen LogP contribution in [0.25, 0.3) is 11.2 Å². The van der Waals surface area contributed by atoms with E-state index in [-0.39, 0.29) is 50.9 Å². The van der Waals surface area contributed by atoms with E-state index >= 15 is 0 Å². The number of amides is 3. The van der Waals surface area contributed by atoms with Crippen molar-refractivity contribution >= 4 is 62.5 Å². The van der Waals surface area contributed by atoms with Gasteiger partial charge >= 0.3 is 6.09 Å². The molecule has 2 aromatic carbocycles. The van der Waals surface area contributed by atoms with Crippen LogP contribution in [0.5, 0.6) is 0 Å². The lowest BCUT2D eigenvalue weighted by Gasteiger charge is -2.28. The van der Waals surface area contributed by atoms with Gasteiger partial charge in [0.2, 0.25) is 6.40 Å². The summed E-state index contributed by atoms with van der Waals surface area (Å²) < 4.78 is 4.82. The van der Waals surface area contributed by atoms with Crippen molar-refractivity contribution in [2.45, 2.75) is 56.3 Å². The number of aromatic nitrogens is 5. The summed E-state index contributed by atoms with van der Waals surface area (Å²) in [6.07, 6.45) is 7.68. The molecule has 0 saturated carbocycles. The predicted molar refractivity (Wildman–Crippen MR) is 214 cm³/mol. The SMILES string of the molecule is COOC=N[C@@H](C(=O)N1CCC[C@H]1c1nc2ncc(Cc3cnc([C@@H]4CCCN4C(=O)[C@@H](NC(=O)OC)c4ccccc4)[nH]3)cc2[nH]1)c1ccccc1.S.S. The van der Waals surface area contributed by atoms with Crippen molar-refractivity contribution in [2.24, 2.45) is 4.99 Å². The first-order chi connectivity index (χ1) is 25.9. The molecule has 55 heavy (non-hydrogen) atoms. The van der Waals surface area contributed by atoms with Crippen LogP contribution in [0.3, 0.4) is 0 Å². The Morgan fingerprint density at radius 3 is 2.20 bits per heavy atom. The Labute approximate surface area is 332 Å². The van der Waals surface area contributed by atoms with Gasteiger partial charge in [0.1, 0.15) is 17.7 Å². The number of nitrogens with one attached hydrogen (secondary N) is 3. The number of fused-ring (bicyclic) bond motifs is 1. The number of H-pyrrole nitrogens is 2. The summed E-state index contributed by atoms with van der Waals surface area (Å²) in [6, 6.07) is 18.3. The maximum atomic E-state index is 13.9. The van der Waals surface area contributed by atoms with Gasteiger partial charge in [-0.3, -0.25) is 9.59 Å². The van der Waals surface area contributed by atoms with Gasteiger partial charge in [-0.05, 0) is 48.4 Å². The molecule has 2 fully saturated rings. The van der Waals surface area contributed by atoms with Crippen LogP contribution in [0.4, 0.5) is 4.79 Å². The first-order valence-electron chi connectivity index (χ1n) is 17.6. The molecule has 0 unspecified atom stereocenters. The number of carbonyl (C=O) groups excluding carboxylic acids is 3. The number of nitrogens with zero attached hydrogens (tertiary/aromatic N) is 6. The van der Waals surface area contributed by atoms with Gasteiger partial charge in [0.15, 0.2) is 11.7 Å². The number of ether oxygens (including phenoxy) is 1. The summed E-state index contributed by atoms with van der Waals surface area (Å²) in [5.74, 6) is 0.977. The molecule has 0 bridgehead atoms. The third-order valence-corrected chi connectivity index (χ3v) is 9.68. The minimum absolute atomic E-state index is 0. The minimum atomic E-state index is -0.889. The summed E-state index contributed by atoms with van der Waals surface area (Å²) in [6.45, 7) is 1.12. The second kappa shape index (κ2) is 18.8. The molecule has 0 spiro atoms. The summed E-state index contributed by atoms with van der Waals surface area (Å²) in [4.78, 5) is 78.4. The first-order valence-corrected chi connectivity index (χ1v) is 17.6. The average molecular weight is 788 g/mol. The monoisotopic (exact) mass is 787 g/mol. The van der Waals surface area contributed by atoms with Gasteiger partial charge in [0.05, 0.1) is 31.8 Å². The topological polar surface area (TPSA) is 180 Å². The second-order valence-electron chi connectivity index (χ2n) is 13.0. The minimum Gasteiger partial charge on any atom is -0.453 e. The Kier molecular flexibility index (Phi) is 13.9. The van der Waals surface area contributed by atoms with E-state index in [4.69, 9.17) is 14.6 Å². The van der Waals surface area contributed by atoms with Crippen LogP contribution in [0.2, 0.25) is 0 Å². The van der Waals surface area contributed by atoms with Crippen molar-refractivity contribution in [3.8, 4) is 0 Å². The highest BCUT2D eigenvalue weighted by atomic mass is 32.1. The summed E-state index contributed by atoms with van der Waals surface area (Å²) in [7, 11) is 2.65. The first kappa shape index (κ1) is 40.8. The lowest BCUT2D eigenvalue weighted by molar-refractivity contribution is -0.188. The largest absolute Gasteiger partial charge is 0.453 e. The highest BCUT2D eigenvalue weighted by molar-refractivity contribution is 7.59. The number of hydrogen-bond acceptors (Lipinski definition) is 10. The number of carbonyl (C=O) groups is 3. The van der Waals surface area contributed by atoms with Crippen LogP contribution in [0, 0.1) is 0 Å². The van der Waals surface area contributed by atoms with Gasteiger partial charge < -0.3 is 34.7 Å². The number of imidazole rings is 2. The van der Waals surface area contributed by atoms with Crippen molar-refractivity contribution in [1.82, 2.24) is 40.0 Å². The molecule has 2 saturated heterocycles. The zero-order valence-corrected chi connectivity index (χ0v) is 32.5. The van der Waals surface area contributed by atoms with Crippen molar-refractivity contribution in [3.63, 3.8) is 0 Å². The predicted octanol–water partition coefficient (Wildman–Crippen LogP) is 5.27. The number of aliphatic imine (C=N–C) groups is 1. The highest BCUT2D eigenvalue weighted by Crippen LogP contribution is 2.36. The average Bonchev–Trinajstić information content (AvgIpc) is 4.02. The van der Waals surface area contributed by atoms with Crippen molar-refractivity contribution in [1.29, 1.82) is 0 Å². The summed E-state index contributed by atoms with van der Waals surface area (Å²) >= 11 is 0. The Morgan fingerprint density at radius 2 is 1.53 bits per heavy atom. The van der Waals surface area contributed by atoms with Gasteiger partial charge in [-0.15, -0.1) is 0 Å². The van der Waals surface area contributed by atoms with Gasteiger partial charge in [0, 0.05) is 37.6 Å². The zero-order valence-electron chi connectivity index (χ0n) is 30.5. The highest BCUT2D eigenvalue weighted by Gasteiger charge is 2.38. The molecule has 290 valence electrons. The lowest BCUT2D eigenvalue weighted by Crippen LogP contribution is -2.42. The van der Waals surface area contributed by atoms with Gasteiger partial charge in [-0.2, -0.15) is 31.9 Å². The normalized spacial score (nSPS) is 17.7. The van der Waals surface area contributed by atoms with E-state index in [0.29, 0.717) is 42.4 Å². The third-order valence-electron chi connectivity index (χ3n) is 9.68. The Hall–Kier alpha value is -5.39. The van der Waals surface area contributed by atoms with Crippen LogP contribution in [-0.2, 0) is 30.5 Å². The van der Waals surface area contributed by atoms with Gasteiger partial charge in [0.25, 0.3) is 11.8 Å². The van der Waals surface area contributed by atoms with E-state index in [9.17, 15) is 14.4 Å². The summed E-state index contributed by atoms with van der Waals surface area (Å²) in [5.41, 5.74) is 4.55. The van der Waals surface area contributed by atoms with Crippen LogP contribution in [0.1, 0.15) is 83.9 Å². The Morgan fingerprint density at radius 1 is 0.873 bits per heavy atom. The molecule has 3 aromatic heterocycles. The number of aromatic amines is 2. The molecule has 0 radical (unpaired) electrons. The fraction of sp³-hybridized carbons (Fsp3) is 0.342. The maximum absolute atomic E-state index is 13.9. The molecular formula is C38H45N9O6S2. The van der Waals surface area contributed by atoms with Crippen molar-refractivity contribution in [3.05, 3.63) is 113 Å². The molecule has 5 aromatic rings. The van der Waals surface area contributed by atoms with Crippen LogP contribution in [-0.4, -0.2) is 86.3 Å². The third kappa shape index (κ3) is 9.12. The van der Waals surface area contributed by atoms with Crippen LogP contribution < -0.4 is 5.32 Å². The molecule has 5 heterocycles. The molecule has 17 heteroatoms. The molecular weight excluding hydrogens is 743 g/mol. The van der Waals surface area contributed by atoms with Crippen LogP contribution in [0.15, 0.2) is 84.1 Å². The van der Waals surface area contributed by atoms with Crippen molar-refractivity contribution < 1.29 is 28.9 Å². The smallest absolute Gasteiger partial charge is 0.407 e. The molecule has 2 aliphatic rings. The molecule has 3 amide bonds. The Balaban J connectivity index is 0.00000290. The number of pyridine rings is 1. The van der Waals surface area contributed by atoms with Gasteiger partial charge in [-0.1, -0.05) is 60.7 Å². The van der Waals surface area contributed by atoms with E-state index in [2.05, 4.69) is 35.1 Å². The number of alkyl carbamates (subject to hydrolysis) is 1. The van der Waals surface area contributed by atoms with Crippen LogP contribution >= 0.6 is 27.0 Å². The maximum Gasteiger partial charge on any atom is 0.407 e. The number of likely N-dealkylation sites (tertiary alicyclic amines) is 2. The van der Waals surface area contributed by atoms with E-state index in [1.54, 1.807) is 17.3 Å². The van der Waals surface area contributed by atoms with E-state index in [0.717, 1.165) is 54.4 Å². The lowest BCUT2D eigenvalue weighted by atomic mass is 10.1. The fourth-order valence-corrected chi connectivity index (χ4v) is 7.19. The van der Waals surface area contributed by atoms with E-state index in [1.807, 2.05) is 71.6 Å². The molecule has 4 atom stereocenters. The molecule has 3 N–H and O–H groups in total. The van der Waals surface area contributed by atoms with Crippen molar-refractivity contribution in [2.75, 3.05) is 27.3 Å². The van der Waals surface area contributed by atoms with Gasteiger partial charge in [-0.25, -0.2) is 24.7 Å². The molecule has 15 nitrogen and oxygen atoms in total. The second-order valence-corrected chi connectivity index (χ2v) is 13.0. The van der Waals surface area contributed by atoms with E-state index < -0.39 is 18.2 Å². The van der Waals surface area contributed by atoms with E-state index in [1.165, 1.54) is 14.2 Å². The zero-order chi connectivity index (χ0) is 36.7. The Bertz CT molecular complexity index is 2080. The standard InChI is InChI=1S/C38H41N9O6.2H2S/c1-51-38(50)44-32(26-13-7-4-8-14-26)37(49)46-17-9-15-29(46)34-40-22-27(42-34)19-24-20-28-33(39-21-24)45-35(43-28)30-16-10-18-47(30)36(48)31(41-23-53-52-2)25-11-5-3-6-12-25;;/h3-8,11-14,20-23,29-32H,9-10,15-19H2,1-2H3,(H,40,42)(H,44,50)(H,39,43,45);2*1H2/t29-,30-,31+,32-;;/m0../s1. The summed E-state index contributed by atoms with van der Waals surface area (Å²) in [5, 5.41) is 2.70. The molecule has 0 aliphatic carbocycles. The number of hydrogen-bond donors (Lipinski definition) is 3. The number of benzene rings is 2. The quantitative estimate of drug-likeness (QED) is 0.0658.